The molecule has 4 heteroatoms. The maximum absolute atomic E-state index is 4.51. The summed E-state index contributed by atoms with van der Waals surface area (Å²) in [6.07, 6.45) is 0. The molecule has 0 saturated heterocycles. The number of hydrogen-bond donors (Lipinski definition) is 3. The van der Waals surface area contributed by atoms with Gasteiger partial charge in [0.1, 0.15) is 0 Å². The molecule has 0 amide bonds. The van der Waals surface area contributed by atoms with Crippen molar-refractivity contribution in [2.45, 2.75) is 13.1 Å². The number of pyridine rings is 1. The molecule has 1 aromatic rings. The average molecular weight is 208 g/mol. The van der Waals surface area contributed by atoms with Crippen LogP contribution in [0.1, 0.15) is 11.4 Å². The Bertz CT molecular complexity index is 275. The van der Waals surface area contributed by atoms with Crippen LogP contribution in [0.25, 0.3) is 0 Å². The molecular weight excluding hydrogens is 188 g/mol. The number of hydrogen-bond acceptors (Lipinski definition) is 4. The lowest BCUT2D eigenvalue weighted by molar-refractivity contribution is 0.639. The van der Waals surface area contributed by atoms with E-state index in [2.05, 4.69) is 27.0 Å². The van der Waals surface area contributed by atoms with Gasteiger partial charge in [0.25, 0.3) is 0 Å². The minimum Gasteiger partial charge on any atom is -0.318 e. The van der Waals surface area contributed by atoms with Crippen molar-refractivity contribution in [3.05, 3.63) is 29.6 Å². The molecular formula is C11H20N4. The predicted molar refractivity (Wildman–Crippen MR) is 62.6 cm³/mol. The molecule has 0 spiro atoms. The summed E-state index contributed by atoms with van der Waals surface area (Å²) in [4.78, 5) is 4.51. The topological polar surface area (TPSA) is 49.0 Å². The Hall–Kier alpha value is -0.970. The van der Waals surface area contributed by atoms with Crippen LogP contribution in [0.4, 0.5) is 0 Å². The van der Waals surface area contributed by atoms with Gasteiger partial charge in [-0.15, -0.1) is 0 Å². The van der Waals surface area contributed by atoms with Gasteiger partial charge in [-0.05, 0) is 26.2 Å². The molecule has 1 aromatic heterocycles. The molecule has 1 heterocycles. The third-order valence-corrected chi connectivity index (χ3v) is 2.08. The van der Waals surface area contributed by atoms with Crippen molar-refractivity contribution < 1.29 is 0 Å². The maximum atomic E-state index is 4.51. The van der Waals surface area contributed by atoms with E-state index >= 15 is 0 Å². The van der Waals surface area contributed by atoms with Crippen molar-refractivity contribution in [2.75, 3.05) is 27.2 Å². The monoisotopic (exact) mass is 208 g/mol. The van der Waals surface area contributed by atoms with Crippen molar-refractivity contribution in [3.63, 3.8) is 0 Å². The first kappa shape index (κ1) is 12.1. The van der Waals surface area contributed by atoms with E-state index in [4.69, 9.17) is 0 Å². The highest BCUT2D eigenvalue weighted by atomic mass is 14.9. The fourth-order valence-electron chi connectivity index (χ4n) is 1.34. The van der Waals surface area contributed by atoms with E-state index in [-0.39, 0.29) is 0 Å². The van der Waals surface area contributed by atoms with Crippen LogP contribution in [0, 0.1) is 0 Å². The molecule has 15 heavy (non-hydrogen) atoms. The van der Waals surface area contributed by atoms with Crippen LogP contribution >= 0.6 is 0 Å². The zero-order valence-electron chi connectivity index (χ0n) is 9.51. The zero-order valence-corrected chi connectivity index (χ0v) is 9.51. The summed E-state index contributed by atoms with van der Waals surface area (Å²) in [6.45, 7) is 3.61. The van der Waals surface area contributed by atoms with Gasteiger partial charge >= 0.3 is 0 Å². The molecule has 0 aliphatic rings. The Kier molecular flexibility index (Phi) is 5.92. The highest BCUT2D eigenvalue weighted by Crippen LogP contribution is 1.98. The summed E-state index contributed by atoms with van der Waals surface area (Å²) < 4.78 is 0. The minimum atomic E-state index is 0.824. The Labute approximate surface area is 91.5 Å². The second-order valence-electron chi connectivity index (χ2n) is 3.43. The molecule has 0 saturated carbocycles. The third-order valence-electron chi connectivity index (χ3n) is 2.08. The first-order chi connectivity index (χ1) is 7.36. The Morgan fingerprint density at radius 1 is 1.00 bits per heavy atom. The molecule has 0 bridgehead atoms. The van der Waals surface area contributed by atoms with Crippen LogP contribution in [0.2, 0.25) is 0 Å². The Morgan fingerprint density at radius 2 is 1.73 bits per heavy atom. The summed E-state index contributed by atoms with van der Waals surface area (Å²) >= 11 is 0. The van der Waals surface area contributed by atoms with E-state index in [1.807, 2.05) is 26.2 Å². The number of nitrogens with one attached hydrogen (secondary N) is 3. The quantitative estimate of drug-likeness (QED) is 0.557. The van der Waals surface area contributed by atoms with Crippen molar-refractivity contribution in [3.8, 4) is 0 Å². The number of aromatic nitrogens is 1. The lowest BCUT2D eigenvalue weighted by atomic mass is 10.3. The van der Waals surface area contributed by atoms with Crippen LogP contribution in [0.15, 0.2) is 18.2 Å². The Morgan fingerprint density at radius 3 is 2.40 bits per heavy atom. The van der Waals surface area contributed by atoms with Gasteiger partial charge < -0.3 is 16.0 Å². The van der Waals surface area contributed by atoms with E-state index in [1.54, 1.807) is 0 Å². The molecule has 3 N–H and O–H groups in total. The van der Waals surface area contributed by atoms with E-state index < -0.39 is 0 Å². The maximum Gasteiger partial charge on any atom is 0.0545 e. The van der Waals surface area contributed by atoms with Crippen molar-refractivity contribution in [1.82, 2.24) is 20.9 Å². The molecule has 1 rings (SSSR count). The van der Waals surface area contributed by atoms with Gasteiger partial charge in [-0.3, -0.25) is 4.98 Å². The lowest BCUT2D eigenvalue weighted by Gasteiger charge is -2.05. The van der Waals surface area contributed by atoms with Crippen LogP contribution in [-0.2, 0) is 13.1 Å². The van der Waals surface area contributed by atoms with E-state index in [9.17, 15) is 0 Å². The van der Waals surface area contributed by atoms with Gasteiger partial charge in [0.15, 0.2) is 0 Å². The average Bonchev–Trinajstić information content (AvgIpc) is 2.26. The molecule has 0 unspecified atom stereocenters. The summed E-state index contributed by atoms with van der Waals surface area (Å²) in [7, 11) is 3.88. The van der Waals surface area contributed by atoms with Crippen molar-refractivity contribution >= 4 is 0 Å². The fourth-order valence-corrected chi connectivity index (χ4v) is 1.34. The van der Waals surface area contributed by atoms with Gasteiger partial charge in [0, 0.05) is 26.2 Å². The van der Waals surface area contributed by atoms with Gasteiger partial charge in [-0.1, -0.05) is 6.07 Å². The fraction of sp³-hybridized carbons (Fsp3) is 0.545. The normalized spacial score (nSPS) is 10.5. The number of likely N-dealkylation sites (N-methyl/N-ethyl adjacent to an activating group) is 1. The molecule has 0 aliphatic heterocycles. The van der Waals surface area contributed by atoms with Crippen molar-refractivity contribution in [2.24, 2.45) is 0 Å². The molecule has 4 nitrogen and oxygen atoms in total. The second kappa shape index (κ2) is 7.34. The highest BCUT2D eigenvalue weighted by Gasteiger charge is 1.96. The standard InChI is InChI=1S/C11H20N4/c1-12-6-7-14-9-11-5-3-4-10(15-11)8-13-2/h3-5,12-14H,6-9H2,1-2H3. The Balaban J connectivity index is 2.36. The predicted octanol–water partition coefficient (Wildman–Crippen LogP) is 0.110. The largest absolute Gasteiger partial charge is 0.318 e. The SMILES string of the molecule is CNCCNCc1cccc(CNC)n1. The molecule has 84 valence electrons. The van der Waals surface area contributed by atoms with Crippen LogP contribution < -0.4 is 16.0 Å². The minimum absolute atomic E-state index is 0.824. The highest BCUT2D eigenvalue weighted by molar-refractivity contribution is 5.10. The molecule has 0 atom stereocenters. The van der Waals surface area contributed by atoms with E-state index in [0.29, 0.717) is 0 Å². The third kappa shape index (κ3) is 4.88. The second-order valence-corrected chi connectivity index (χ2v) is 3.43. The van der Waals surface area contributed by atoms with Crippen LogP contribution in [0.5, 0.6) is 0 Å². The van der Waals surface area contributed by atoms with Gasteiger partial charge in [0.2, 0.25) is 0 Å². The summed E-state index contributed by atoms with van der Waals surface area (Å²) in [5.74, 6) is 0. The molecule has 0 aliphatic carbocycles. The van der Waals surface area contributed by atoms with Gasteiger partial charge in [0.05, 0.1) is 11.4 Å². The van der Waals surface area contributed by atoms with Crippen molar-refractivity contribution in [1.29, 1.82) is 0 Å². The van der Waals surface area contributed by atoms with E-state index in [1.165, 1.54) is 0 Å². The molecule has 0 radical (unpaired) electrons. The van der Waals surface area contributed by atoms with E-state index in [0.717, 1.165) is 37.6 Å². The zero-order chi connectivity index (χ0) is 10.9. The van der Waals surface area contributed by atoms with Gasteiger partial charge in [-0.25, -0.2) is 0 Å². The number of rotatable bonds is 7. The molecule has 0 aromatic carbocycles. The summed E-state index contributed by atoms with van der Waals surface area (Å²) in [5.41, 5.74) is 2.18. The van der Waals surface area contributed by atoms with Crippen LogP contribution in [-0.4, -0.2) is 32.2 Å². The smallest absolute Gasteiger partial charge is 0.0545 e. The summed E-state index contributed by atoms with van der Waals surface area (Å²) in [5, 5.41) is 9.51. The lowest BCUT2D eigenvalue weighted by Crippen LogP contribution is -2.25. The first-order valence-electron chi connectivity index (χ1n) is 5.31. The number of nitrogens with zero attached hydrogens (tertiary/aromatic N) is 1. The molecule has 0 fully saturated rings. The van der Waals surface area contributed by atoms with Crippen LogP contribution in [0.3, 0.4) is 0 Å². The van der Waals surface area contributed by atoms with Gasteiger partial charge in [-0.2, -0.15) is 0 Å². The summed E-state index contributed by atoms with van der Waals surface area (Å²) in [6, 6.07) is 6.13. The first-order valence-corrected chi connectivity index (χ1v) is 5.31.